The van der Waals surface area contributed by atoms with Crippen molar-refractivity contribution in [1.82, 2.24) is 19.3 Å². The van der Waals surface area contributed by atoms with Gasteiger partial charge in [-0.05, 0) is 24.3 Å². The molecule has 0 aliphatic heterocycles. The maximum Gasteiger partial charge on any atom is 0.335 e. The Hall–Kier alpha value is -2.63. The minimum Gasteiger partial charge on any atom is -0.478 e. The molecule has 2 aromatic heterocycles. The highest BCUT2D eigenvalue weighted by Gasteiger charge is 2.08. The summed E-state index contributed by atoms with van der Waals surface area (Å²) < 4.78 is 3.72. The summed E-state index contributed by atoms with van der Waals surface area (Å²) in [5.74, 6) is -0.927. The second kappa shape index (κ2) is 4.80. The van der Waals surface area contributed by atoms with Crippen molar-refractivity contribution in [1.29, 1.82) is 0 Å². The van der Waals surface area contributed by atoms with Gasteiger partial charge in [0.2, 0.25) is 0 Å². The van der Waals surface area contributed by atoms with Crippen LogP contribution in [0, 0.1) is 0 Å². The normalized spacial score (nSPS) is 11.1. The van der Waals surface area contributed by atoms with Crippen LogP contribution in [-0.2, 0) is 20.0 Å². The Balaban J connectivity index is 1.87. The third-order valence-corrected chi connectivity index (χ3v) is 3.25. The monoisotopic (exact) mass is 270 g/mol. The number of carboxylic acids is 1. The predicted octanol–water partition coefficient (Wildman–Crippen LogP) is 1.71. The third kappa shape index (κ3) is 2.27. The van der Waals surface area contributed by atoms with Crippen LogP contribution in [0.4, 0.5) is 0 Å². The van der Waals surface area contributed by atoms with Crippen LogP contribution >= 0.6 is 0 Å². The van der Waals surface area contributed by atoms with Crippen molar-refractivity contribution in [3.63, 3.8) is 0 Å². The van der Waals surface area contributed by atoms with Crippen LogP contribution in [0.25, 0.3) is 11.0 Å². The zero-order chi connectivity index (χ0) is 14.1. The van der Waals surface area contributed by atoms with Gasteiger partial charge in [0.15, 0.2) is 0 Å². The lowest BCUT2D eigenvalue weighted by Gasteiger charge is -2.03. The van der Waals surface area contributed by atoms with Crippen molar-refractivity contribution in [3.05, 3.63) is 48.0 Å². The Morgan fingerprint density at radius 3 is 2.90 bits per heavy atom. The first kappa shape index (κ1) is 12.4. The molecule has 0 aliphatic rings. The molecule has 0 spiro atoms. The van der Waals surface area contributed by atoms with Crippen LogP contribution in [0.1, 0.15) is 16.1 Å². The van der Waals surface area contributed by atoms with Crippen molar-refractivity contribution in [3.8, 4) is 0 Å². The van der Waals surface area contributed by atoms with Crippen LogP contribution in [0.3, 0.4) is 0 Å². The molecule has 2 heterocycles. The summed E-state index contributed by atoms with van der Waals surface area (Å²) in [6.07, 6.45) is 4.42. The Morgan fingerprint density at radius 1 is 1.35 bits per heavy atom. The smallest absolute Gasteiger partial charge is 0.335 e. The molecule has 3 rings (SSSR count). The first-order chi connectivity index (χ1) is 9.63. The number of benzene rings is 1. The Bertz CT molecular complexity index is 772. The van der Waals surface area contributed by atoms with E-state index in [4.69, 9.17) is 5.11 Å². The Labute approximate surface area is 115 Å². The van der Waals surface area contributed by atoms with Crippen LogP contribution in [-0.4, -0.2) is 30.4 Å². The number of hydrogen-bond donors (Lipinski definition) is 1. The Kier molecular flexibility index (Phi) is 2.98. The van der Waals surface area contributed by atoms with Crippen molar-refractivity contribution in [2.24, 2.45) is 7.05 Å². The summed E-state index contributed by atoms with van der Waals surface area (Å²) in [5, 5.41) is 13.4. The van der Waals surface area contributed by atoms with Crippen molar-refractivity contribution < 1.29 is 9.90 Å². The molecular weight excluding hydrogens is 256 g/mol. The molecular formula is C14H14N4O2. The molecule has 0 aliphatic carbocycles. The first-order valence-corrected chi connectivity index (χ1v) is 6.30. The number of nitrogens with zero attached hydrogens (tertiary/aromatic N) is 4. The van der Waals surface area contributed by atoms with Crippen LogP contribution < -0.4 is 0 Å². The van der Waals surface area contributed by atoms with Gasteiger partial charge in [-0.15, -0.1) is 0 Å². The first-order valence-electron chi connectivity index (χ1n) is 6.30. The van der Waals surface area contributed by atoms with Crippen molar-refractivity contribution >= 4 is 17.0 Å². The number of aryl methyl sites for hydroxylation is 3. The van der Waals surface area contributed by atoms with Gasteiger partial charge in [0.1, 0.15) is 0 Å². The third-order valence-electron chi connectivity index (χ3n) is 3.25. The van der Waals surface area contributed by atoms with E-state index in [1.54, 1.807) is 29.2 Å². The molecule has 3 aromatic rings. The molecule has 0 bridgehead atoms. The van der Waals surface area contributed by atoms with Gasteiger partial charge in [-0.1, -0.05) is 0 Å². The Morgan fingerprint density at radius 2 is 2.20 bits per heavy atom. The lowest BCUT2D eigenvalue weighted by Crippen LogP contribution is -2.02. The van der Waals surface area contributed by atoms with Gasteiger partial charge in [0.25, 0.3) is 0 Å². The minimum absolute atomic E-state index is 0.275. The van der Waals surface area contributed by atoms with E-state index in [9.17, 15) is 4.79 Å². The summed E-state index contributed by atoms with van der Waals surface area (Å²) in [7, 11) is 1.88. The highest BCUT2D eigenvalue weighted by molar-refractivity contribution is 5.92. The molecule has 0 saturated heterocycles. The number of fused-ring (bicyclic) bond motifs is 1. The average molecular weight is 270 g/mol. The fourth-order valence-electron chi connectivity index (χ4n) is 2.20. The van der Waals surface area contributed by atoms with Gasteiger partial charge < -0.3 is 9.67 Å². The average Bonchev–Trinajstić information content (AvgIpc) is 3.02. The van der Waals surface area contributed by atoms with Gasteiger partial charge in [-0.2, -0.15) is 5.10 Å². The quantitative estimate of drug-likeness (QED) is 0.783. The van der Waals surface area contributed by atoms with Gasteiger partial charge in [-0.3, -0.25) is 4.68 Å². The maximum atomic E-state index is 11.0. The zero-order valence-corrected chi connectivity index (χ0v) is 11.0. The van der Waals surface area contributed by atoms with E-state index >= 15 is 0 Å². The van der Waals surface area contributed by atoms with E-state index in [1.807, 2.05) is 23.9 Å². The second-order valence-electron chi connectivity index (χ2n) is 4.68. The number of aromatic carboxylic acids is 1. The summed E-state index contributed by atoms with van der Waals surface area (Å²) in [6.45, 7) is 0.719. The fourth-order valence-corrected chi connectivity index (χ4v) is 2.20. The number of aromatic nitrogens is 4. The predicted molar refractivity (Wildman–Crippen MR) is 73.6 cm³/mol. The minimum atomic E-state index is -0.927. The lowest BCUT2D eigenvalue weighted by molar-refractivity contribution is 0.0697. The van der Waals surface area contributed by atoms with Crippen molar-refractivity contribution in [2.75, 3.05) is 0 Å². The second-order valence-corrected chi connectivity index (χ2v) is 4.68. The molecule has 0 unspecified atom stereocenters. The lowest BCUT2D eigenvalue weighted by atomic mass is 10.2. The van der Waals surface area contributed by atoms with Crippen molar-refractivity contribution in [2.45, 2.75) is 13.0 Å². The molecule has 0 radical (unpaired) electrons. The van der Waals surface area contributed by atoms with E-state index in [2.05, 4.69) is 10.1 Å². The number of carboxylic acid groups (broad SMARTS) is 1. The summed E-state index contributed by atoms with van der Waals surface area (Å²) in [4.78, 5) is 15.3. The maximum absolute atomic E-state index is 11.0. The number of imidazole rings is 1. The fraction of sp³-hybridized carbons (Fsp3) is 0.214. The van der Waals surface area contributed by atoms with Crippen LogP contribution in [0.15, 0.2) is 36.8 Å². The molecule has 0 atom stereocenters. The van der Waals surface area contributed by atoms with E-state index in [1.165, 1.54) is 0 Å². The number of hydrogen-bond acceptors (Lipinski definition) is 3. The van der Waals surface area contributed by atoms with Gasteiger partial charge >= 0.3 is 5.97 Å². The summed E-state index contributed by atoms with van der Waals surface area (Å²) in [5.41, 5.74) is 2.91. The molecule has 1 aromatic carbocycles. The largest absolute Gasteiger partial charge is 0.478 e. The molecule has 6 nitrogen and oxygen atoms in total. The van der Waals surface area contributed by atoms with Crippen LogP contribution in [0.5, 0.6) is 0 Å². The highest BCUT2D eigenvalue weighted by atomic mass is 16.4. The molecule has 6 heteroatoms. The molecule has 0 saturated carbocycles. The molecule has 20 heavy (non-hydrogen) atoms. The van der Waals surface area contributed by atoms with Gasteiger partial charge in [0.05, 0.1) is 28.6 Å². The highest BCUT2D eigenvalue weighted by Crippen LogP contribution is 2.15. The van der Waals surface area contributed by atoms with Gasteiger partial charge in [0, 0.05) is 26.2 Å². The van der Waals surface area contributed by atoms with Crippen LogP contribution in [0.2, 0.25) is 0 Å². The molecule has 0 fully saturated rings. The van der Waals surface area contributed by atoms with E-state index in [-0.39, 0.29) is 5.56 Å². The summed E-state index contributed by atoms with van der Waals surface area (Å²) in [6, 6.07) is 6.93. The standard InChI is InChI=1S/C14H14N4O2/c1-17-6-4-11(16-17)5-7-18-9-15-12-3-2-10(14(19)20)8-13(12)18/h2-4,6,8-9H,5,7H2,1H3,(H,19,20). The van der Waals surface area contributed by atoms with Gasteiger partial charge in [-0.25, -0.2) is 9.78 Å². The molecule has 1 N–H and O–H groups in total. The number of rotatable bonds is 4. The summed E-state index contributed by atoms with van der Waals surface area (Å²) >= 11 is 0. The van der Waals surface area contributed by atoms with E-state index < -0.39 is 5.97 Å². The molecule has 102 valence electrons. The molecule has 0 amide bonds. The number of carbonyl (C=O) groups is 1. The van der Waals surface area contributed by atoms with E-state index in [0.29, 0.717) is 0 Å². The SMILES string of the molecule is Cn1ccc(CCn2cnc3ccc(C(=O)O)cc32)n1. The zero-order valence-electron chi connectivity index (χ0n) is 11.0. The topological polar surface area (TPSA) is 72.9 Å². The van der Waals surface area contributed by atoms with E-state index in [0.717, 1.165) is 29.7 Å².